The molecular formula is C18H25N5O2. The van der Waals surface area contributed by atoms with E-state index in [0.717, 1.165) is 42.7 Å². The number of nitrogens with zero attached hydrogens (tertiary/aromatic N) is 5. The Kier molecular flexibility index (Phi) is 4.57. The number of β-amino-alcohol motifs (C(OH)–C–C–N with tert-alkyl or cyclic N) is 1. The molecule has 0 unspecified atom stereocenters. The van der Waals surface area contributed by atoms with Gasteiger partial charge in [-0.3, -0.25) is 0 Å². The molecule has 2 aromatic rings. The molecule has 4 rings (SSSR count). The van der Waals surface area contributed by atoms with Crippen molar-refractivity contribution >= 4 is 11.6 Å². The van der Waals surface area contributed by atoms with E-state index < -0.39 is 0 Å². The first kappa shape index (κ1) is 16.3. The monoisotopic (exact) mass is 343 g/mol. The maximum absolute atomic E-state index is 10.4. The predicted molar refractivity (Wildman–Crippen MR) is 94.7 cm³/mol. The number of aryl methyl sites for hydroxylation is 1. The van der Waals surface area contributed by atoms with Crippen LogP contribution < -0.4 is 9.80 Å². The van der Waals surface area contributed by atoms with Crippen LogP contribution in [0.15, 0.2) is 23.0 Å². The van der Waals surface area contributed by atoms with Crippen molar-refractivity contribution in [3.8, 4) is 0 Å². The van der Waals surface area contributed by atoms with Gasteiger partial charge in [0, 0.05) is 50.7 Å². The lowest BCUT2D eigenvalue weighted by molar-refractivity contribution is 0.143. The van der Waals surface area contributed by atoms with Gasteiger partial charge in [-0.25, -0.2) is 9.97 Å². The van der Waals surface area contributed by atoms with Crippen molar-refractivity contribution in [2.75, 3.05) is 36.0 Å². The molecule has 0 radical (unpaired) electrons. The van der Waals surface area contributed by atoms with Crippen molar-refractivity contribution in [3.63, 3.8) is 0 Å². The summed E-state index contributed by atoms with van der Waals surface area (Å²) in [6.07, 6.45) is 5.69. The van der Waals surface area contributed by atoms with Crippen molar-refractivity contribution in [1.82, 2.24) is 15.1 Å². The van der Waals surface area contributed by atoms with Crippen molar-refractivity contribution in [2.45, 2.75) is 38.7 Å². The maximum Gasteiger partial charge on any atom is 0.137 e. The van der Waals surface area contributed by atoms with Gasteiger partial charge < -0.3 is 19.4 Å². The second-order valence-electron chi connectivity index (χ2n) is 7.15. The van der Waals surface area contributed by atoms with E-state index >= 15 is 0 Å². The first-order valence-electron chi connectivity index (χ1n) is 9.11. The highest BCUT2D eigenvalue weighted by atomic mass is 16.5. The molecule has 7 heteroatoms. The van der Waals surface area contributed by atoms with E-state index in [1.54, 1.807) is 6.33 Å². The summed E-state index contributed by atoms with van der Waals surface area (Å²) in [5.74, 6) is 2.85. The lowest BCUT2D eigenvalue weighted by Gasteiger charge is -2.28. The summed E-state index contributed by atoms with van der Waals surface area (Å²) >= 11 is 0. The minimum atomic E-state index is -0.390. The Bertz CT molecular complexity index is 713. The molecule has 0 spiro atoms. The quantitative estimate of drug-likeness (QED) is 0.907. The number of hydrogen-bond donors (Lipinski definition) is 1. The molecule has 134 valence electrons. The van der Waals surface area contributed by atoms with Crippen LogP contribution in [0, 0.1) is 12.8 Å². The van der Waals surface area contributed by atoms with Crippen LogP contribution in [0.25, 0.3) is 0 Å². The number of hydrogen-bond acceptors (Lipinski definition) is 7. The second-order valence-corrected chi connectivity index (χ2v) is 7.15. The molecule has 0 aliphatic carbocycles. The number of rotatable bonds is 4. The van der Waals surface area contributed by atoms with Crippen LogP contribution in [0.4, 0.5) is 11.6 Å². The van der Waals surface area contributed by atoms with Gasteiger partial charge >= 0.3 is 0 Å². The number of anilines is 2. The lowest BCUT2D eigenvalue weighted by atomic mass is 10.0. The van der Waals surface area contributed by atoms with Crippen molar-refractivity contribution < 1.29 is 9.63 Å². The van der Waals surface area contributed by atoms with Gasteiger partial charge in [0.2, 0.25) is 0 Å². The Labute approximate surface area is 147 Å². The van der Waals surface area contributed by atoms with Gasteiger partial charge in [0.25, 0.3) is 0 Å². The normalized spacial score (nSPS) is 24.1. The number of aliphatic hydroxyl groups excluding tert-OH is 1. The zero-order valence-corrected chi connectivity index (χ0v) is 14.6. The third kappa shape index (κ3) is 3.61. The average Bonchev–Trinajstić information content (AvgIpc) is 3.22. The van der Waals surface area contributed by atoms with E-state index in [1.807, 2.05) is 13.0 Å². The van der Waals surface area contributed by atoms with Crippen molar-refractivity contribution in [1.29, 1.82) is 0 Å². The van der Waals surface area contributed by atoms with Gasteiger partial charge in [0.15, 0.2) is 0 Å². The van der Waals surface area contributed by atoms with Gasteiger partial charge in [-0.1, -0.05) is 5.16 Å². The molecule has 2 fully saturated rings. The van der Waals surface area contributed by atoms with E-state index in [-0.39, 0.29) is 12.0 Å². The lowest BCUT2D eigenvalue weighted by Crippen LogP contribution is -2.30. The molecule has 2 aliphatic rings. The minimum absolute atomic E-state index is 0.126. The predicted octanol–water partition coefficient (Wildman–Crippen LogP) is 1.80. The summed E-state index contributed by atoms with van der Waals surface area (Å²) in [5.41, 5.74) is 0.876. The van der Waals surface area contributed by atoms with E-state index in [0.29, 0.717) is 13.0 Å². The van der Waals surface area contributed by atoms with Gasteiger partial charge in [-0.2, -0.15) is 0 Å². The van der Waals surface area contributed by atoms with Gasteiger partial charge in [0.05, 0.1) is 11.8 Å². The van der Waals surface area contributed by atoms with Crippen molar-refractivity contribution in [2.24, 2.45) is 5.92 Å². The molecule has 7 nitrogen and oxygen atoms in total. The number of aromatic nitrogens is 3. The van der Waals surface area contributed by atoms with Crippen LogP contribution in [-0.4, -0.2) is 52.5 Å². The first-order chi connectivity index (χ1) is 12.2. The summed E-state index contributed by atoms with van der Waals surface area (Å²) < 4.78 is 5.30. The first-order valence-corrected chi connectivity index (χ1v) is 9.11. The molecule has 0 saturated carbocycles. The molecule has 2 saturated heterocycles. The fourth-order valence-corrected chi connectivity index (χ4v) is 3.82. The summed E-state index contributed by atoms with van der Waals surface area (Å²) in [6, 6.07) is 3.99. The Hall–Kier alpha value is -2.15. The molecule has 1 N–H and O–H groups in total. The van der Waals surface area contributed by atoms with Gasteiger partial charge in [-0.15, -0.1) is 0 Å². The Morgan fingerprint density at radius 3 is 2.56 bits per heavy atom. The highest BCUT2D eigenvalue weighted by molar-refractivity contribution is 5.51. The van der Waals surface area contributed by atoms with E-state index in [2.05, 4.69) is 31.0 Å². The third-order valence-electron chi connectivity index (χ3n) is 5.19. The largest absolute Gasteiger partial charge is 0.391 e. The van der Waals surface area contributed by atoms with Crippen LogP contribution >= 0.6 is 0 Å². The summed E-state index contributed by atoms with van der Waals surface area (Å²) in [7, 11) is 0. The van der Waals surface area contributed by atoms with Crippen LogP contribution in [0.1, 0.15) is 30.7 Å². The number of piperidine rings is 1. The minimum Gasteiger partial charge on any atom is -0.391 e. The maximum atomic E-state index is 10.4. The zero-order valence-electron chi connectivity index (χ0n) is 14.6. The SMILES string of the molecule is Cc1cc(C[C@@H]2CN(c3cc(N4CCCCC4)ncn3)C[C@H]2O)on1. The Balaban J connectivity index is 1.45. The van der Waals surface area contributed by atoms with Gasteiger partial charge in [0.1, 0.15) is 23.7 Å². The second kappa shape index (κ2) is 7.00. The molecule has 25 heavy (non-hydrogen) atoms. The van der Waals surface area contributed by atoms with Crippen LogP contribution in [0.2, 0.25) is 0 Å². The van der Waals surface area contributed by atoms with E-state index in [9.17, 15) is 5.11 Å². The summed E-state index contributed by atoms with van der Waals surface area (Å²) in [6.45, 7) is 5.39. The molecule has 0 bridgehead atoms. The molecule has 2 atom stereocenters. The smallest absolute Gasteiger partial charge is 0.137 e. The highest BCUT2D eigenvalue weighted by Crippen LogP contribution is 2.28. The molecular weight excluding hydrogens is 318 g/mol. The number of aliphatic hydroxyl groups is 1. The average molecular weight is 343 g/mol. The van der Waals surface area contributed by atoms with Crippen LogP contribution in [0.3, 0.4) is 0 Å². The van der Waals surface area contributed by atoms with E-state index in [4.69, 9.17) is 4.52 Å². The summed E-state index contributed by atoms with van der Waals surface area (Å²) in [4.78, 5) is 13.4. The summed E-state index contributed by atoms with van der Waals surface area (Å²) in [5, 5.41) is 14.4. The fraction of sp³-hybridized carbons (Fsp3) is 0.611. The highest BCUT2D eigenvalue weighted by Gasteiger charge is 2.33. The Morgan fingerprint density at radius 2 is 1.84 bits per heavy atom. The fourth-order valence-electron chi connectivity index (χ4n) is 3.82. The molecule has 0 amide bonds. The van der Waals surface area contributed by atoms with Crippen LogP contribution in [-0.2, 0) is 6.42 Å². The molecule has 0 aromatic carbocycles. The zero-order chi connectivity index (χ0) is 17.2. The standard InChI is InChI=1S/C18H25N5O2/c1-13-7-15(25-21-13)8-14-10-23(11-16(14)24)18-9-17(19-12-20-18)22-5-3-2-4-6-22/h7,9,12,14,16,24H,2-6,8,10-11H2,1H3/t14-,16-/m1/s1. The van der Waals surface area contributed by atoms with Gasteiger partial charge in [-0.05, 0) is 26.2 Å². The van der Waals surface area contributed by atoms with Crippen LogP contribution in [0.5, 0.6) is 0 Å². The third-order valence-corrected chi connectivity index (χ3v) is 5.19. The van der Waals surface area contributed by atoms with Crippen molar-refractivity contribution in [3.05, 3.63) is 29.9 Å². The molecule has 4 heterocycles. The molecule has 2 aromatic heterocycles. The van der Waals surface area contributed by atoms with E-state index in [1.165, 1.54) is 19.3 Å². The molecule has 2 aliphatic heterocycles. The topological polar surface area (TPSA) is 78.5 Å². The Morgan fingerprint density at radius 1 is 1.08 bits per heavy atom.